The average Bonchev–Trinajstić information content (AvgIpc) is 2.98. The van der Waals surface area contributed by atoms with Gasteiger partial charge in [0.2, 0.25) is 0 Å². The summed E-state index contributed by atoms with van der Waals surface area (Å²) in [5.41, 5.74) is 3.01. The Hall–Kier alpha value is -2.44. The zero-order valence-corrected chi connectivity index (χ0v) is 11.9. The number of carbonyl (C=O) groups excluding carboxylic acids is 1. The lowest BCUT2D eigenvalue weighted by molar-refractivity contribution is 0.0957. The minimum absolute atomic E-state index is 0.0104. The lowest BCUT2D eigenvalue weighted by Gasteiger charge is -2.09. The van der Waals surface area contributed by atoms with E-state index in [9.17, 15) is 9.59 Å². The first-order chi connectivity index (χ1) is 10.2. The van der Waals surface area contributed by atoms with E-state index in [2.05, 4.69) is 5.43 Å². The van der Waals surface area contributed by atoms with Gasteiger partial charge in [-0.05, 0) is 24.3 Å². The summed E-state index contributed by atoms with van der Waals surface area (Å²) in [6.45, 7) is 0.601. The number of hydrogen-bond acceptors (Lipinski definition) is 4. The van der Waals surface area contributed by atoms with Crippen molar-refractivity contribution in [2.45, 2.75) is 6.54 Å². The molecule has 6 heteroatoms. The Bertz CT molecular complexity index is 866. The standard InChI is InChI=1S/C15H13N3O2S/c16-17-15(20)14-6-5-10(21-14)9-18-8-7-13(19)11-3-1-2-4-12(11)18/h1-8H,9,16H2,(H,17,20). The van der Waals surface area contributed by atoms with Crippen molar-refractivity contribution in [3.8, 4) is 0 Å². The summed E-state index contributed by atoms with van der Waals surface area (Å²) >= 11 is 1.38. The van der Waals surface area contributed by atoms with Crippen molar-refractivity contribution < 1.29 is 4.79 Å². The average molecular weight is 299 g/mol. The summed E-state index contributed by atoms with van der Waals surface area (Å²) in [4.78, 5) is 24.9. The van der Waals surface area contributed by atoms with E-state index in [1.165, 1.54) is 11.3 Å². The van der Waals surface area contributed by atoms with Crippen LogP contribution in [0.25, 0.3) is 10.9 Å². The molecule has 0 radical (unpaired) electrons. The maximum atomic E-state index is 11.8. The highest BCUT2D eigenvalue weighted by atomic mass is 32.1. The largest absolute Gasteiger partial charge is 0.342 e. The summed E-state index contributed by atoms with van der Waals surface area (Å²) in [5.74, 6) is 4.83. The molecule has 2 heterocycles. The van der Waals surface area contributed by atoms with Crippen molar-refractivity contribution in [2.75, 3.05) is 0 Å². The number of carbonyl (C=O) groups is 1. The van der Waals surface area contributed by atoms with Crippen molar-refractivity contribution in [1.82, 2.24) is 9.99 Å². The number of nitrogen functional groups attached to an aromatic ring is 1. The molecule has 1 aromatic carbocycles. The Labute approximate surface area is 124 Å². The van der Waals surface area contributed by atoms with Gasteiger partial charge in [-0.2, -0.15) is 0 Å². The second kappa shape index (κ2) is 5.51. The molecule has 3 N–H and O–H groups in total. The number of hydrogen-bond donors (Lipinski definition) is 2. The van der Waals surface area contributed by atoms with Crippen molar-refractivity contribution in [3.05, 3.63) is 68.6 Å². The molecular formula is C15H13N3O2S. The molecule has 2 aromatic heterocycles. The number of hydrazine groups is 1. The molecule has 0 aliphatic heterocycles. The van der Waals surface area contributed by atoms with Gasteiger partial charge < -0.3 is 4.57 Å². The van der Waals surface area contributed by atoms with Crippen LogP contribution in [-0.4, -0.2) is 10.5 Å². The highest BCUT2D eigenvalue weighted by Gasteiger charge is 2.09. The third-order valence-electron chi connectivity index (χ3n) is 3.23. The number of para-hydroxylation sites is 1. The van der Waals surface area contributed by atoms with Crippen LogP contribution in [0, 0.1) is 0 Å². The predicted molar refractivity (Wildman–Crippen MR) is 83.3 cm³/mol. The fraction of sp³-hybridized carbons (Fsp3) is 0.0667. The molecule has 0 bridgehead atoms. The molecule has 0 spiro atoms. The molecule has 0 aliphatic carbocycles. The van der Waals surface area contributed by atoms with Gasteiger partial charge in [-0.1, -0.05) is 12.1 Å². The normalized spacial score (nSPS) is 10.7. The molecule has 0 fully saturated rings. The second-order valence-corrected chi connectivity index (χ2v) is 5.73. The number of fused-ring (bicyclic) bond motifs is 1. The van der Waals surface area contributed by atoms with Gasteiger partial charge in [0.25, 0.3) is 5.91 Å². The maximum Gasteiger partial charge on any atom is 0.275 e. The van der Waals surface area contributed by atoms with Crippen molar-refractivity contribution >= 4 is 28.1 Å². The Morgan fingerprint density at radius 1 is 1.19 bits per heavy atom. The second-order valence-electron chi connectivity index (χ2n) is 4.56. The van der Waals surface area contributed by atoms with Gasteiger partial charge in [0.15, 0.2) is 5.43 Å². The molecule has 0 saturated carbocycles. The van der Waals surface area contributed by atoms with Crippen molar-refractivity contribution in [2.24, 2.45) is 5.84 Å². The van der Waals surface area contributed by atoms with Gasteiger partial charge in [0, 0.05) is 22.5 Å². The molecule has 1 amide bonds. The van der Waals surface area contributed by atoms with E-state index in [-0.39, 0.29) is 11.3 Å². The summed E-state index contributed by atoms with van der Waals surface area (Å²) < 4.78 is 1.99. The highest BCUT2D eigenvalue weighted by Crippen LogP contribution is 2.19. The van der Waals surface area contributed by atoms with Crippen molar-refractivity contribution in [3.63, 3.8) is 0 Å². The number of benzene rings is 1. The first-order valence-electron chi connectivity index (χ1n) is 6.37. The van der Waals surface area contributed by atoms with Crippen LogP contribution in [-0.2, 0) is 6.54 Å². The Morgan fingerprint density at radius 2 is 2.00 bits per heavy atom. The predicted octanol–water partition coefficient (Wildman–Crippen LogP) is 1.71. The third kappa shape index (κ3) is 2.58. The van der Waals surface area contributed by atoms with Crippen LogP contribution in [0.3, 0.4) is 0 Å². The fourth-order valence-corrected chi connectivity index (χ4v) is 3.13. The number of pyridine rings is 1. The van der Waals surface area contributed by atoms with Crippen LogP contribution in [0.15, 0.2) is 53.5 Å². The molecule has 106 valence electrons. The molecule has 3 aromatic rings. The highest BCUT2D eigenvalue weighted by molar-refractivity contribution is 7.14. The molecule has 0 atom stereocenters. The van der Waals surface area contributed by atoms with E-state index in [0.29, 0.717) is 16.8 Å². The van der Waals surface area contributed by atoms with Crippen molar-refractivity contribution in [1.29, 1.82) is 0 Å². The lowest BCUT2D eigenvalue weighted by Crippen LogP contribution is -2.29. The molecular weight excluding hydrogens is 286 g/mol. The molecule has 0 unspecified atom stereocenters. The topological polar surface area (TPSA) is 77.1 Å². The van der Waals surface area contributed by atoms with Gasteiger partial charge in [0.1, 0.15) is 0 Å². The molecule has 21 heavy (non-hydrogen) atoms. The molecule has 0 aliphatic rings. The number of nitrogens with two attached hydrogens (primary N) is 1. The smallest absolute Gasteiger partial charge is 0.275 e. The number of amides is 1. The maximum absolute atomic E-state index is 11.8. The third-order valence-corrected chi connectivity index (χ3v) is 4.30. The van der Waals surface area contributed by atoms with E-state index in [1.807, 2.05) is 34.9 Å². The van der Waals surface area contributed by atoms with E-state index in [0.717, 1.165) is 10.4 Å². The SMILES string of the molecule is NNC(=O)c1ccc(Cn2ccc(=O)c3ccccc32)s1. The minimum atomic E-state index is -0.295. The number of thiophene rings is 1. The number of rotatable bonds is 3. The van der Waals surface area contributed by atoms with Crippen LogP contribution < -0.4 is 16.7 Å². The van der Waals surface area contributed by atoms with Crippen LogP contribution in [0.4, 0.5) is 0 Å². The number of nitrogens with zero attached hydrogens (tertiary/aromatic N) is 1. The van der Waals surface area contributed by atoms with E-state index >= 15 is 0 Å². The monoisotopic (exact) mass is 299 g/mol. The van der Waals surface area contributed by atoms with Gasteiger partial charge in [-0.3, -0.25) is 15.0 Å². The number of nitrogens with one attached hydrogen (secondary N) is 1. The molecule has 5 nitrogen and oxygen atoms in total. The van der Waals surface area contributed by atoms with E-state index in [4.69, 9.17) is 5.84 Å². The molecule has 0 saturated heterocycles. The fourth-order valence-electron chi connectivity index (χ4n) is 2.22. The van der Waals surface area contributed by atoms with E-state index < -0.39 is 0 Å². The Balaban J connectivity index is 1.99. The first kappa shape index (κ1) is 13.5. The van der Waals surface area contributed by atoms with E-state index in [1.54, 1.807) is 18.3 Å². The first-order valence-corrected chi connectivity index (χ1v) is 7.18. The zero-order valence-electron chi connectivity index (χ0n) is 11.1. The Morgan fingerprint density at radius 3 is 2.81 bits per heavy atom. The van der Waals surface area contributed by atoms with Gasteiger partial charge in [0.05, 0.1) is 16.9 Å². The van der Waals surface area contributed by atoms with Crippen LogP contribution in [0.1, 0.15) is 14.5 Å². The van der Waals surface area contributed by atoms with Crippen LogP contribution >= 0.6 is 11.3 Å². The Kier molecular flexibility index (Phi) is 3.55. The summed E-state index contributed by atoms with van der Waals surface area (Å²) in [7, 11) is 0. The summed E-state index contributed by atoms with van der Waals surface area (Å²) in [5, 5.41) is 0.691. The van der Waals surface area contributed by atoms with Crippen LogP contribution in [0.5, 0.6) is 0 Å². The zero-order chi connectivity index (χ0) is 14.8. The quantitative estimate of drug-likeness (QED) is 0.439. The summed E-state index contributed by atoms with van der Waals surface area (Å²) in [6, 6.07) is 12.7. The van der Waals surface area contributed by atoms with Crippen LogP contribution in [0.2, 0.25) is 0 Å². The number of aromatic nitrogens is 1. The van der Waals surface area contributed by atoms with Gasteiger partial charge in [-0.15, -0.1) is 11.3 Å². The molecule has 3 rings (SSSR count). The van der Waals surface area contributed by atoms with Gasteiger partial charge in [-0.25, -0.2) is 5.84 Å². The minimum Gasteiger partial charge on any atom is -0.342 e. The lowest BCUT2D eigenvalue weighted by atomic mass is 10.2. The van der Waals surface area contributed by atoms with Gasteiger partial charge >= 0.3 is 0 Å². The summed E-state index contributed by atoms with van der Waals surface area (Å²) in [6.07, 6.45) is 1.77.